The van der Waals surface area contributed by atoms with Gasteiger partial charge in [-0.2, -0.15) is 0 Å². The van der Waals surface area contributed by atoms with Crippen molar-refractivity contribution in [2.75, 3.05) is 6.54 Å². The molecule has 0 heterocycles. The van der Waals surface area contributed by atoms with Crippen molar-refractivity contribution in [3.63, 3.8) is 0 Å². The Morgan fingerprint density at radius 2 is 1.68 bits per heavy atom. The topological polar surface area (TPSA) is 49.4 Å². The van der Waals surface area contributed by atoms with E-state index < -0.39 is 6.04 Å². The molecule has 0 aliphatic carbocycles. The number of rotatable bonds is 11. The zero-order chi connectivity index (χ0) is 22.8. The third-order valence-corrected chi connectivity index (χ3v) is 5.94. The molecule has 0 spiro atoms. The van der Waals surface area contributed by atoms with Crippen LogP contribution in [-0.2, 0) is 29.0 Å². The lowest BCUT2D eigenvalue weighted by atomic mass is 10.0. The average Bonchev–Trinajstić information content (AvgIpc) is 2.77. The molecule has 6 heteroatoms. The standard InChI is InChI=1S/C25H32Cl2N2O2/c1-4-15-28-25(31)23(6-3)29(17-20-12-13-21(26)16-22(20)27)24(30)14-11-19-9-7-18(5-2)8-10-19/h7-10,12-13,16,23H,4-6,11,14-15,17H2,1-3H3,(H,28,31). The maximum atomic E-state index is 13.3. The molecule has 0 aliphatic rings. The van der Waals surface area contributed by atoms with Crippen molar-refractivity contribution >= 4 is 35.0 Å². The number of aryl methyl sites for hydroxylation is 2. The first-order valence-corrected chi connectivity index (χ1v) is 11.7. The lowest BCUT2D eigenvalue weighted by Gasteiger charge is -2.31. The van der Waals surface area contributed by atoms with Crippen molar-refractivity contribution < 1.29 is 9.59 Å². The molecule has 2 aromatic carbocycles. The molecule has 2 rings (SSSR count). The quantitative estimate of drug-likeness (QED) is 0.456. The van der Waals surface area contributed by atoms with Gasteiger partial charge in [0.1, 0.15) is 6.04 Å². The molecule has 0 bridgehead atoms. The summed E-state index contributed by atoms with van der Waals surface area (Å²) < 4.78 is 0. The highest BCUT2D eigenvalue weighted by Crippen LogP contribution is 2.24. The molecule has 1 atom stereocenters. The highest BCUT2D eigenvalue weighted by Gasteiger charge is 2.28. The van der Waals surface area contributed by atoms with Crippen molar-refractivity contribution in [3.8, 4) is 0 Å². The summed E-state index contributed by atoms with van der Waals surface area (Å²) in [4.78, 5) is 27.7. The van der Waals surface area contributed by atoms with Crippen LogP contribution in [0.4, 0.5) is 0 Å². The van der Waals surface area contributed by atoms with Crippen LogP contribution in [0.1, 0.15) is 56.7 Å². The Balaban J connectivity index is 2.21. The zero-order valence-corrected chi connectivity index (χ0v) is 20.1. The SMILES string of the molecule is CCCNC(=O)C(CC)N(Cc1ccc(Cl)cc1Cl)C(=O)CCc1ccc(CC)cc1. The summed E-state index contributed by atoms with van der Waals surface area (Å²) in [7, 11) is 0. The number of nitrogens with one attached hydrogen (secondary N) is 1. The molecule has 2 aromatic rings. The molecule has 0 fully saturated rings. The van der Waals surface area contributed by atoms with Crippen LogP contribution in [0, 0.1) is 0 Å². The molecule has 4 nitrogen and oxygen atoms in total. The van der Waals surface area contributed by atoms with E-state index in [1.807, 2.05) is 19.9 Å². The molecule has 168 valence electrons. The Morgan fingerprint density at radius 1 is 1.00 bits per heavy atom. The first-order valence-electron chi connectivity index (χ1n) is 11.0. The Morgan fingerprint density at radius 3 is 2.26 bits per heavy atom. The molecule has 0 aromatic heterocycles. The number of amides is 2. The number of hydrogen-bond donors (Lipinski definition) is 1. The zero-order valence-electron chi connectivity index (χ0n) is 18.6. The highest BCUT2D eigenvalue weighted by molar-refractivity contribution is 6.35. The van der Waals surface area contributed by atoms with Gasteiger partial charge in [-0.1, -0.05) is 74.3 Å². The Bertz CT molecular complexity index is 868. The Kier molecular flexibility index (Phi) is 10.4. The van der Waals surface area contributed by atoms with Crippen LogP contribution in [0.3, 0.4) is 0 Å². The van der Waals surface area contributed by atoms with Crippen molar-refractivity contribution in [2.24, 2.45) is 0 Å². The average molecular weight is 463 g/mol. The first kappa shape index (κ1) is 25.2. The molecule has 0 saturated carbocycles. The van der Waals surface area contributed by atoms with Crippen molar-refractivity contribution in [2.45, 2.75) is 65.5 Å². The number of halogens is 2. The largest absolute Gasteiger partial charge is 0.354 e. The van der Waals surface area contributed by atoms with Gasteiger partial charge >= 0.3 is 0 Å². The van der Waals surface area contributed by atoms with Crippen LogP contribution in [0.2, 0.25) is 10.0 Å². The van der Waals surface area contributed by atoms with Gasteiger partial charge in [0, 0.05) is 29.6 Å². The maximum Gasteiger partial charge on any atom is 0.242 e. The fourth-order valence-corrected chi connectivity index (χ4v) is 3.92. The minimum atomic E-state index is -0.548. The van der Waals surface area contributed by atoms with E-state index in [1.54, 1.807) is 17.0 Å². The molecule has 0 saturated heterocycles. The second-order valence-corrected chi connectivity index (χ2v) is 8.49. The molecule has 1 unspecified atom stereocenters. The van der Waals surface area contributed by atoms with E-state index in [0.717, 1.165) is 24.0 Å². The molecule has 0 aliphatic heterocycles. The fraction of sp³-hybridized carbons (Fsp3) is 0.440. The third-order valence-electron chi connectivity index (χ3n) is 5.35. The molecule has 1 N–H and O–H groups in total. The second kappa shape index (κ2) is 12.7. The maximum absolute atomic E-state index is 13.3. The van der Waals surface area contributed by atoms with Gasteiger partial charge in [0.05, 0.1) is 0 Å². The third kappa shape index (κ3) is 7.55. The van der Waals surface area contributed by atoms with Crippen LogP contribution >= 0.6 is 23.2 Å². The van der Waals surface area contributed by atoms with Gasteiger partial charge in [-0.25, -0.2) is 0 Å². The van der Waals surface area contributed by atoms with Gasteiger partial charge in [-0.05, 0) is 54.5 Å². The van der Waals surface area contributed by atoms with Gasteiger partial charge in [0.25, 0.3) is 0 Å². The lowest BCUT2D eigenvalue weighted by molar-refractivity contribution is -0.141. The van der Waals surface area contributed by atoms with Crippen LogP contribution < -0.4 is 5.32 Å². The van der Waals surface area contributed by atoms with E-state index in [9.17, 15) is 9.59 Å². The van der Waals surface area contributed by atoms with Crippen molar-refractivity contribution in [3.05, 3.63) is 69.2 Å². The summed E-state index contributed by atoms with van der Waals surface area (Å²) in [6, 6.07) is 13.0. The number of hydrogen-bond acceptors (Lipinski definition) is 2. The monoisotopic (exact) mass is 462 g/mol. The van der Waals surface area contributed by atoms with E-state index in [0.29, 0.717) is 35.9 Å². The summed E-state index contributed by atoms with van der Waals surface area (Å²) >= 11 is 12.4. The van der Waals surface area contributed by atoms with Crippen molar-refractivity contribution in [1.29, 1.82) is 0 Å². The summed E-state index contributed by atoms with van der Waals surface area (Å²) in [6.45, 7) is 6.89. The number of nitrogens with zero attached hydrogens (tertiary/aromatic N) is 1. The van der Waals surface area contributed by atoms with Crippen LogP contribution in [0.15, 0.2) is 42.5 Å². The molecule has 31 heavy (non-hydrogen) atoms. The molecular formula is C25H32Cl2N2O2. The Hall–Kier alpha value is -2.04. The van der Waals surface area contributed by atoms with E-state index in [1.165, 1.54) is 5.56 Å². The van der Waals surface area contributed by atoms with E-state index in [4.69, 9.17) is 23.2 Å². The normalized spacial score (nSPS) is 11.8. The van der Waals surface area contributed by atoms with Crippen LogP contribution in [-0.4, -0.2) is 29.3 Å². The highest BCUT2D eigenvalue weighted by atomic mass is 35.5. The second-order valence-electron chi connectivity index (χ2n) is 7.64. The number of carbonyl (C=O) groups is 2. The minimum absolute atomic E-state index is 0.0657. The van der Waals surface area contributed by atoms with Crippen molar-refractivity contribution in [1.82, 2.24) is 10.2 Å². The van der Waals surface area contributed by atoms with Gasteiger partial charge in [0.15, 0.2) is 0 Å². The van der Waals surface area contributed by atoms with E-state index >= 15 is 0 Å². The van der Waals surface area contributed by atoms with E-state index in [2.05, 4.69) is 36.5 Å². The first-order chi connectivity index (χ1) is 14.9. The predicted octanol–water partition coefficient (Wildman–Crippen LogP) is 5.82. The van der Waals surface area contributed by atoms with Gasteiger partial charge in [-0.3, -0.25) is 9.59 Å². The van der Waals surface area contributed by atoms with Crippen LogP contribution in [0.25, 0.3) is 0 Å². The number of carbonyl (C=O) groups excluding carboxylic acids is 2. The minimum Gasteiger partial charge on any atom is -0.354 e. The van der Waals surface area contributed by atoms with Gasteiger partial charge in [0.2, 0.25) is 11.8 Å². The molecular weight excluding hydrogens is 431 g/mol. The smallest absolute Gasteiger partial charge is 0.242 e. The Labute approximate surface area is 195 Å². The lowest BCUT2D eigenvalue weighted by Crippen LogP contribution is -2.49. The van der Waals surface area contributed by atoms with Gasteiger partial charge in [-0.15, -0.1) is 0 Å². The molecule has 0 radical (unpaired) electrons. The fourth-order valence-electron chi connectivity index (χ4n) is 3.46. The summed E-state index contributed by atoms with van der Waals surface area (Å²) in [5.74, 6) is -0.195. The van der Waals surface area contributed by atoms with Crippen LogP contribution in [0.5, 0.6) is 0 Å². The molecule has 2 amide bonds. The summed E-state index contributed by atoms with van der Waals surface area (Å²) in [5.41, 5.74) is 3.15. The van der Waals surface area contributed by atoms with Gasteiger partial charge < -0.3 is 10.2 Å². The predicted molar refractivity (Wildman–Crippen MR) is 129 cm³/mol. The summed E-state index contributed by atoms with van der Waals surface area (Å²) in [6.07, 6.45) is 3.30. The summed E-state index contributed by atoms with van der Waals surface area (Å²) in [5, 5.41) is 3.95. The van der Waals surface area contributed by atoms with E-state index in [-0.39, 0.29) is 18.4 Å². The number of benzene rings is 2.